The molecule has 6 heteroatoms. The molecule has 2 atom stereocenters. The van der Waals surface area contributed by atoms with E-state index in [-0.39, 0.29) is 18.5 Å². The Labute approximate surface area is 106 Å². The van der Waals surface area contributed by atoms with Crippen molar-refractivity contribution in [3.05, 3.63) is 0 Å². The number of likely N-dealkylation sites (N-methyl/N-ethyl adjacent to an activating group) is 1. The van der Waals surface area contributed by atoms with E-state index in [0.29, 0.717) is 13.0 Å². The first-order valence-corrected chi connectivity index (χ1v) is 6.33. The second-order valence-electron chi connectivity index (χ2n) is 4.97. The van der Waals surface area contributed by atoms with Gasteiger partial charge in [-0.2, -0.15) is 13.2 Å². The van der Waals surface area contributed by atoms with Crippen LogP contribution in [0.15, 0.2) is 0 Å². The van der Waals surface area contributed by atoms with Crippen LogP contribution in [-0.2, 0) is 4.79 Å². The molecule has 1 saturated heterocycles. The number of alkyl halides is 3. The van der Waals surface area contributed by atoms with E-state index in [1.165, 1.54) is 16.8 Å². The van der Waals surface area contributed by atoms with E-state index < -0.39 is 12.2 Å². The van der Waals surface area contributed by atoms with Crippen molar-refractivity contribution in [2.24, 2.45) is 0 Å². The first kappa shape index (κ1) is 15.3. The molecule has 1 rings (SSSR count). The second kappa shape index (κ2) is 5.91. The third-order valence-electron chi connectivity index (χ3n) is 3.54. The number of nitrogens with zero attached hydrogens (tertiary/aromatic N) is 2. The van der Waals surface area contributed by atoms with Crippen molar-refractivity contribution >= 4 is 5.91 Å². The summed E-state index contributed by atoms with van der Waals surface area (Å²) in [5.41, 5.74) is 0. The summed E-state index contributed by atoms with van der Waals surface area (Å²) in [7, 11) is 1.47. The van der Waals surface area contributed by atoms with Gasteiger partial charge in [0.1, 0.15) is 6.04 Å². The molecule has 0 aromatic heterocycles. The predicted molar refractivity (Wildman–Crippen MR) is 63.2 cm³/mol. The number of hydrogen-bond donors (Lipinski definition) is 0. The van der Waals surface area contributed by atoms with Crippen molar-refractivity contribution in [2.75, 3.05) is 20.1 Å². The van der Waals surface area contributed by atoms with Crippen molar-refractivity contribution in [1.82, 2.24) is 9.80 Å². The first-order valence-electron chi connectivity index (χ1n) is 6.33. The van der Waals surface area contributed by atoms with Crippen LogP contribution < -0.4 is 0 Å². The van der Waals surface area contributed by atoms with Gasteiger partial charge in [0.05, 0.1) is 0 Å². The number of halogens is 3. The summed E-state index contributed by atoms with van der Waals surface area (Å²) in [5.74, 6) is -0.161. The molecular formula is C12H21F3N2O. The summed E-state index contributed by atoms with van der Waals surface area (Å²) >= 11 is 0. The van der Waals surface area contributed by atoms with Crippen molar-refractivity contribution in [3.63, 3.8) is 0 Å². The Bertz CT molecular complexity index is 294. The van der Waals surface area contributed by atoms with Crippen molar-refractivity contribution in [1.29, 1.82) is 0 Å². The smallest absolute Gasteiger partial charge is 0.339 e. The topological polar surface area (TPSA) is 23.6 Å². The Balaban J connectivity index is 2.70. The molecule has 0 aromatic carbocycles. The van der Waals surface area contributed by atoms with E-state index in [1.807, 2.05) is 6.92 Å². The molecule has 106 valence electrons. The summed E-state index contributed by atoms with van der Waals surface area (Å²) in [6, 6.07) is -1.82. The van der Waals surface area contributed by atoms with Gasteiger partial charge in [-0.25, -0.2) is 0 Å². The van der Waals surface area contributed by atoms with Crippen LogP contribution in [0.25, 0.3) is 0 Å². The van der Waals surface area contributed by atoms with Crippen LogP contribution in [0.1, 0.15) is 33.1 Å². The van der Waals surface area contributed by atoms with E-state index in [1.54, 1.807) is 6.92 Å². The molecule has 18 heavy (non-hydrogen) atoms. The number of carbonyl (C=O) groups is 1. The number of unbranched alkanes of at least 4 members (excludes halogenated alkanes) is 1. The van der Waals surface area contributed by atoms with Gasteiger partial charge in [0, 0.05) is 25.6 Å². The van der Waals surface area contributed by atoms with Crippen molar-refractivity contribution in [3.8, 4) is 0 Å². The first-order chi connectivity index (χ1) is 8.27. The largest absolute Gasteiger partial charge is 0.405 e. The fourth-order valence-electron chi connectivity index (χ4n) is 2.19. The Morgan fingerprint density at radius 3 is 2.44 bits per heavy atom. The molecule has 0 aliphatic carbocycles. The third-order valence-corrected chi connectivity index (χ3v) is 3.54. The second-order valence-corrected chi connectivity index (χ2v) is 4.97. The third kappa shape index (κ3) is 3.60. The average molecular weight is 266 g/mol. The molecule has 0 N–H and O–H groups in total. The number of hydrogen-bond acceptors (Lipinski definition) is 2. The molecule has 2 unspecified atom stereocenters. The summed E-state index contributed by atoms with van der Waals surface area (Å²) in [4.78, 5) is 14.5. The highest BCUT2D eigenvalue weighted by Gasteiger charge is 2.47. The zero-order valence-electron chi connectivity index (χ0n) is 11.1. The minimum absolute atomic E-state index is 0.161. The van der Waals surface area contributed by atoms with Gasteiger partial charge in [0.15, 0.2) is 0 Å². The van der Waals surface area contributed by atoms with Crippen LogP contribution >= 0.6 is 0 Å². The van der Waals surface area contributed by atoms with E-state index in [9.17, 15) is 18.0 Å². The number of carbonyl (C=O) groups excluding carboxylic acids is 1. The minimum Gasteiger partial charge on any atom is -0.339 e. The van der Waals surface area contributed by atoms with Crippen LogP contribution in [0, 0.1) is 0 Å². The minimum atomic E-state index is -4.29. The summed E-state index contributed by atoms with van der Waals surface area (Å²) in [6.07, 6.45) is -2.34. The Hall–Kier alpha value is -0.780. The molecule has 0 spiro atoms. The fourth-order valence-corrected chi connectivity index (χ4v) is 2.19. The standard InChI is InChI=1S/C12H21F3N2O/c1-4-5-6-11(18)17-7-9(2)16(3)10(8-17)12(13,14)15/h9-10H,4-8H2,1-3H3. The molecule has 3 nitrogen and oxygen atoms in total. The van der Waals surface area contributed by atoms with Gasteiger partial charge in [-0.15, -0.1) is 0 Å². The summed E-state index contributed by atoms with van der Waals surface area (Å²) in [5, 5.41) is 0. The van der Waals surface area contributed by atoms with Crippen LogP contribution in [0.5, 0.6) is 0 Å². The lowest BCUT2D eigenvalue weighted by atomic mass is 10.1. The van der Waals surface area contributed by atoms with Gasteiger partial charge in [-0.1, -0.05) is 13.3 Å². The van der Waals surface area contributed by atoms with Crippen LogP contribution in [0.4, 0.5) is 13.2 Å². The molecule has 1 amide bonds. The van der Waals surface area contributed by atoms with Crippen molar-refractivity contribution in [2.45, 2.75) is 51.4 Å². The Morgan fingerprint density at radius 2 is 1.94 bits per heavy atom. The van der Waals surface area contributed by atoms with E-state index in [0.717, 1.165) is 12.8 Å². The molecule has 1 aliphatic rings. The molecule has 0 saturated carbocycles. The quantitative estimate of drug-likeness (QED) is 0.782. The van der Waals surface area contributed by atoms with Gasteiger partial charge in [0.25, 0.3) is 0 Å². The molecule has 0 radical (unpaired) electrons. The lowest BCUT2D eigenvalue weighted by Crippen LogP contribution is -2.62. The number of rotatable bonds is 3. The van der Waals surface area contributed by atoms with Crippen LogP contribution in [-0.4, -0.2) is 54.1 Å². The van der Waals surface area contributed by atoms with Crippen molar-refractivity contribution < 1.29 is 18.0 Å². The van der Waals surface area contributed by atoms with E-state index in [4.69, 9.17) is 0 Å². The lowest BCUT2D eigenvalue weighted by Gasteiger charge is -2.44. The molecule has 1 fully saturated rings. The van der Waals surface area contributed by atoms with Gasteiger partial charge in [-0.05, 0) is 20.4 Å². The Kier molecular flexibility index (Phi) is 5.01. The molecule has 1 heterocycles. The highest BCUT2D eigenvalue weighted by atomic mass is 19.4. The monoisotopic (exact) mass is 266 g/mol. The fraction of sp³-hybridized carbons (Fsp3) is 0.917. The molecule has 0 aromatic rings. The summed E-state index contributed by atoms with van der Waals surface area (Å²) in [6.45, 7) is 3.81. The van der Waals surface area contributed by atoms with Gasteiger partial charge < -0.3 is 4.90 Å². The SMILES string of the molecule is CCCCC(=O)N1CC(C)N(C)C(C(F)(F)F)C1. The van der Waals surface area contributed by atoms with Gasteiger partial charge in [-0.3, -0.25) is 9.69 Å². The maximum absolute atomic E-state index is 12.9. The molecular weight excluding hydrogens is 245 g/mol. The van der Waals surface area contributed by atoms with Crippen LogP contribution in [0.2, 0.25) is 0 Å². The lowest BCUT2D eigenvalue weighted by molar-refractivity contribution is -0.201. The van der Waals surface area contributed by atoms with Crippen LogP contribution in [0.3, 0.4) is 0 Å². The van der Waals surface area contributed by atoms with Gasteiger partial charge in [0.2, 0.25) is 5.91 Å². The average Bonchev–Trinajstić information content (AvgIpc) is 2.27. The van der Waals surface area contributed by atoms with E-state index >= 15 is 0 Å². The highest BCUT2D eigenvalue weighted by Crippen LogP contribution is 2.29. The molecule has 1 aliphatic heterocycles. The van der Waals surface area contributed by atoms with Gasteiger partial charge >= 0.3 is 6.18 Å². The molecule has 0 bridgehead atoms. The zero-order chi connectivity index (χ0) is 13.9. The summed E-state index contributed by atoms with van der Waals surface area (Å²) < 4.78 is 38.6. The zero-order valence-corrected chi connectivity index (χ0v) is 11.1. The predicted octanol–water partition coefficient (Wildman–Crippen LogP) is 2.27. The normalized spacial score (nSPS) is 26.4. The maximum atomic E-state index is 12.9. The highest BCUT2D eigenvalue weighted by molar-refractivity contribution is 5.76. The number of amides is 1. The maximum Gasteiger partial charge on any atom is 0.405 e. The van der Waals surface area contributed by atoms with E-state index in [2.05, 4.69) is 0 Å². The number of piperazine rings is 1. The Morgan fingerprint density at radius 1 is 1.33 bits per heavy atom.